The fourth-order valence-corrected chi connectivity index (χ4v) is 4.44. The third kappa shape index (κ3) is 5.20. The summed E-state index contributed by atoms with van der Waals surface area (Å²) in [5.41, 5.74) is 4.49. The largest absolute Gasteiger partial charge is 0.389 e. The standard InChI is InChI=1S/C24H29F3N4/c1-2-20(13-14-24(25,26)27)31-22-10-4-7-17(21(22)16-29-31)6-3-9-19-12-11-18-8-5-15-28-23(18)30-19/h4,7,10-12,16,20H,2-3,5-6,8-9,13-15H2,1H3,(H,28,30). The van der Waals surface area contributed by atoms with Crippen molar-refractivity contribution in [1.82, 2.24) is 14.8 Å². The number of nitrogens with zero attached hydrogens (tertiary/aromatic N) is 3. The molecule has 1 aliphatic heterocycles. The Morgan fingerprint density at radius 3 is 2.84 bits per heavy atom. The van der Waals surface area contributed by atoms with Crippen molar-refractivity contribution in [2.24, 2.45) is 0 Å². The van der Waals surface area contributed by atoms with Crippen LogP contribution in [0.15, 0.2) is 36.5 Å². The Labute approximate surface area is 180 Å². The van der Waals surface area contributed by atoms with E-state index < -0.39 is 12.6 Å². The van der Waals surface area contributed by atoms with Crippen LogP contribution in [0.3, 0.4) is 0 Å². The smallest absolute Gasteiger partial charge is 0.370 e. The minimum atomic E-state index is -4.14. The molecule has 1 aromatic carbocycles. The molecule has 0 spiro atoms. The van der Waals surface area contributed by atoms with E-state index in [1.165, 1.54) is 11.1 Å². The zero-order valence-electron chi connectivity index (χ0n) is 17.9. The van der Waals surface area contributed by atoms with Gasteiger partial charge in [0.1, 0.15) is 5.82 Å². The van der Waals surface area contributed by atoms with Crippen LogP contribution in [0.5, 0.6) is 0 Å². The van der Waals surface area contributed by atoms with E-state index in [2.05, 4.69) is 28.6 Å². The van der Waals surface area contributed by atoms with Crippen LogP contribution in [0.2, 0.25) is 0 Å². The monoisotopic (exact) mass is 430 g/mol. The first-order valence-corrected chi connectivity index (χ1v) is 11.2. The summed E-state index contributed by atoms with van der Waals surface area (Å²) in [6.07, 6.45) is 2.54. The van der Waals surface area contributed by atoms with Gasteiger partial charge in [-0.15, -0.1) is 0 Å². The van der Waals surface area contributed by atoms with Crippen LogP contribution in [0.1, 0.15) is 61.9 Å². The van der Waals surface area contributed by atoms with E-state index in [4.69, 9.17) is 4.98 Å². The van der Waals surface area contributed by atoms with Crippen molar-refractivity contribution in [3.63, 3.8) is 0 Å². The predicted octanol–water partition coefficient (Wildman–Crippen LogP) is 6.26. The number of aromatic nitrogens is 3. The van der Waals surface area contributed by atoms with Gasteiger partial charge in [-0.3, -0.25) is 4.68 Å². The lowest BCUT2D eigenvalue weighted by Crippen LogP contribution is -2.15. The van der Waals surface area contributed by atoms with Gasteiger partial charge in [-0.25, -0.2) is 4.98 Å². The average molecular weight is 431 g/mol. The van der Waals surface area contributed by atoms with Crippen LogP contribution in [-0.4, -0.2) is 27.5 Å². The third-order valence-corrected chi connectivity index (χ3v) is 6.14. The number of pyridine rings is 1. The molecular weight excluding hydrogens is 401 g/mol. The number of hydrogen-bond donors (Lipinski definition) is 1. The van der Waals surface area contributed by atoms with E-state index in [0.29, 0.717) is 6.42 Å². The average Bonchev–Trinajstić information content (AvgIpc) is 3.18. The van der Waals surface area contributed by atoms with Gasteiger partial charge in [-0.1, -0.05) is 25.1 Å². The molecular formula is C24H29F3N4. The highest BCUT2D eigenvalue weighted by atomic mass is 19.4. The number of hydrogen-bond acceptors (Lipinski definition) is 3. The molecule has 1 atom stereocenters. The van der Waals surface area contributed by atoms with Gasteiger partial charge in [-0.2, -0.15) is 18.3 Å². The zero-order chi connectivity index (χ0) is 21.8. The van der Waals surface area contributed by atoms with Crippen LogP contribution in [-0.2, 0) is 19.3 Å². The first kappa shape index (κ1) is 21.7. The second-order valence-electron chi connectivity index (χ2n) is 8.35. The highest BCUT2D eigenvalue weighted by molar-refractivity contribution is 5.82. The maximum absolute atomic E-state index is 12.7. The Hall–Kier alpha value is -2.57. The van der Waals surface area contributed by atoms with Crippen molar-refractivity contribution in [3.05, 3.63) is 53.3 Å². The van der Waals surface area contributed by atoms with Crippen LogP contribution in [0.25, 0.3) is 10.9 Å². The summed E-state index contributed by atoms with van der Waals surface area (Å²) in [5, 5.41) is 8.89. The summed E-state index contributed by atoms with van der Waals surface area (Å²) >= 11 is 0. The second kappa shape index (κ2) is 9.28. The highest BCUT2D eigenvalue weighted by Gasteiger charge is 2.29. The Bertz CT molecular complexity index is 1030. The van der Waals surface area contributed by atoms with E-state index in [1.807, 2.05) is 25.3 Å². The molecule has 2 aromatic heterocycles. The summed E-state index contributed by atoms with van der Waals surface area (Å²) in [5.74, 6) is 1.02. The first-order chi connectivity index (χ1) is 14.9. The Morgan fingerprint density at radius 2 is 2.03 bits per heavy atom. The Morgan fingerprint density at radius 1 is 1.16 bits per heavy atom. The van der Waals surface area contributed by atoms with E-state index >= 15 is 0 Å². The van der Waals surface area contributed by atoms with E-state index in [0.717, 1.165) is 61.1 Å². The van der Waals surface area contributed by atoms with Crippen LogP contribution in [0, 0.1) is 0 Å². The molecule has 0 saturated carbocycles. The quantitative estimate of drug-likeness (QED) is 0.459. The maximum Gasteiger partial charge on any atom is 0.389 e. The van der Waals surface area contributed by atoms with E-state index in [9.17, 15) is 13.2 Å². The fraction of sp³-hybridized carbons (Fsp3) is 0.500. The molecule has 1 unspecified atom stereocenters. The molecule has 0 amide bonds. The number of alkyl halides is 3. The molecule has 0 bridgehead atoms. The third-order valence-electron chi connectivity index (χ3n) is 6.14. The lowest BCUT2D eigenvalue weighted by atomic mass is 10.0. The van der Waals surface area contributed by atoms with Crippen molar-refractivity contribution < 1.29 is 13.2 Å². The molecule has 1 aliphatic rings. The van der Waals surface area contributed by atoms with E-state index in [-0.39, 0.29) is 12.5 Å². The Balaban J connectivity index is 1.44. The highest BCUT2D eigenvalue weighted by Crippen LogP contribution is 2.30. The number of nitrogens with one attached hydrogen (secondary N) is 1. The number of anilines is 1. The van der Waals surface area contributed by atoms with Gasteiger partial charge in [0, 0.05) is 24.0 Å². The lowest BCUT2D eigenvalue weighted by molar-refractivity contribution is -0.137. The van der Waals surface area contributed by atoms with Gasteiger partial charge in [0.15, 0.2) is 0 Å². The summed E-state index contributed by atoms with van der Waals surface area (Å²) in [6.45, 7) is 2.90. The summed E-state index contributed by atoms with van der Waals surface area (Å²) < 4.78 is 39.9. The molecule has 0 saturated heterocycles. The van der Waals surface area contributed by atoms with Crippen molar-refractivity contribution in [2.75, 3.05) is 11.9 Å². The van der Waals surface area contributed by atoms with Crippen LogP contribution >= 0.6 is 0 Å². The zero-order valence-corrected chi connectivity index (χ0v) is 17.9. The first-order valence-electron chi connectivity index (χ1n) is 11.2. The molecule has 0 fully saturated rings. The van der Waals surface area contributed by atoms with Crippen molar-refractivity contribution >= 4 is 16.7 Å². The van der Waals surface area contributed by atoms with Gasteiger partial charge in [-0.05, 0) is 68.2 Å². The molecule has 4 rings (SSSR count). The second-order valence-corrected chi connectivity index (χ2v) is 8.35. The summed E-state index contributed by atoms with van der Waals surface area (Å²) in [4.78, 5) is 4.77. The van der Waals surface area contributed by atoms with E-state index in [1.54, 1.807) is 4.68 Å². The molecule has 7 heteroatoms. The molecule has 4 nitrogen and oxygen atoms in total. The van der Waals surface area contributed by atoms with Crippen LogP contribution in [0.4, 0.5) is 19.0 Å². The van der Waals surface area contributed by atoms with Crippen molar-refractivity contribution in [2.45, 2.75) is 70.5 Å². The van der Waals surface area contributed by atoms with Gasteiger partial charge in [0.05, 0.1) is 17.8 Å². The molecule has 166 valence electrons. The molecule has 1 N–H and O–H groups in total. The normalized spacial score (nSPS) is 15.0. The minimum absolute atomic E-state index is 0.0546. The SMILES string of the molecule is CCC(CCC(F)(F)F)n1ncc2c(CCCc3ccc4c(n3)NCCC4)cccc21. The number of halogens is 3. The predicted molar refractivity (Wildman–Crippen MR) is 117 cm³/mol. The minimum Gasteiger partial charge on any atom is -0.370 e. The number of aryl methyl sites for hydroxylation is 3. The molecule has 3 heterocycles. The molecule has 3 aromatic rings. The number of fused-ring (bicyclic) bond motifs is 2. The number of benzene rings is 1. The molecule has 0 radical (unpaired) electrons. The number of rotatable bonds is 8. The topological polar surface area (TPSA) is 42.7 Å². The van der Waals surface area contributed by atoms with Gasteiger partial charge >= 0.3 is 6.18 Å². The molecule has 31 heavy (non-hydrogen) atoms. The van der Waals surface area contributed by atoms with Gasteiger partial charge in [0.25, 0.3) is 0 Å². The molecule has 0 aliphatic carbocycles. The summed E-state index contributed by atoms with van der Waals surface area (Å²) in [6, 6.07) is 10.1. The lowest BCUT2D eigenvalue weighted by Gasteiger charge is -2.18. The summed E-state index contributed by atoms with van der Waals surface area (Å²) in [7, 11) is 0. The maximum atomic E-state index is 12.7. The van der Waals surface area contributed by atoms with Crippen molar-refractivity contribution in [3.8, 4) is 0 Å². The van der Waals surface area contributed by atoms with Gasteiger partial charge < -0.3 is 5.32 Å². The van der Waals surface area contributed by atoms with Gasteiger partial charge in [0.2, 0.25) is 0 Å². The Kier molecular flexibility index (Phi) is 6.49. The van der Waals surface area contributed by atoms with Crippen molar-refractivity contribution in [1.29, 1.82) is 0 Å². The fourth-order valence-electron chi connectivity index (χ4n) is 4.44. The van der Waals surface area contributed by atoms with Crippen LogP contribution < -0.4 is 5.32 Å².